The summed E-state index contributed by atoms with van der Waals surface area (Å²) in [6.45, 7) is 0. The van der Waals surface area contributed by atoms with Crippen LogP contribution in [0.2, 0.25) is 0 Å². The first-order valence-electron chi connectivity index (χ1n) is 17.8. The molecule has 0 bridgehead atoms. The maximum atomic E-state index is 12.7. The average molecular weight is 1200 g/mol. The van der Waals surface area contributed by atoms with Gasteiger partial charge in [-0.2, -0.15) is 33.7 Å². The summed E-state index contributed by atoms with van der Waals surface area (Å²) < 4.78 is 134. The van der Waals surface area contributed by atoms with E-state index in [9.17, 15) is 71.1 Å². The van der Waals surface area contributed by atoms with Gasteiger partial charge in [-0.05, 0) is 96.2 Å². The molecule has 8 N–H and O–H groups in total. The molecule has 34 heteroatoms. The van der Waals surface area contributed by atoms with Crippen LogP contribution in [0.25, 0.3) is 12.2 Å². The number of nitrogens with zero attached hydrogens (tertiary/aromatic N) is 4. The third-order valence-corrected chi connectivity index (χ3v) is 12.2. The number of allylic oxidation sites excluding steroid dienone is 12. The van der Waals surface area contributed by atoms with E-state index < -0.39 is 94.6 Å². The van der Waals surface area contributed by atoms with Crippen molar-refractivity contribution in [3.05, 3.63) is 142 Å². The van der Waals surface area contributed by atoms with Gasteiger partial charge in [-0.25, -0.2) is 0 Å². The third kappa shape index (κ3) is 19.2. The van der Waals surface area contributed by atoms with E-state index in [4.69, 9.17) is 0 Å². The Bertz CT molecular complexity index is 3230. The average Bonchev–Trinajstić information content (AvgIpc) is 3.23. The van der Waals surface area contributed by atoms with E-state index in [-0.39, 0.29) is 198 Å². The van der Waals surface area contributed by atoms with Crippen molar-refractivity contribution in [2.24, 2.45) is 20.4 Å². The van der Waals surface area contributed by atoms with Crippen LogP contribution in [-0.2, 0) is 93.8 Å². The molecule has 24 nitrogen and oxygen atoms in total. The second-order valence-electron chi connectivity index (χ2n) is 13.3. The Balaban J connectivity index is 0.00000840. The van der Waals surface area contributed by atoms with Crippen molar-refractivity contribution in [3.8, 4) is 0 Å². The molecule has 0 unspecified atom stereocenters. The standard InChI is InChI=1S/C38H28N8O16S4.2Cu.4Na/c47-33-13-9-27(63(51,52)53)19-31(33)45-43-29-11-7-23(15-35(29)49)39-41-25-5-3-21(37(17-25)65(57,58)59)1-2-22-4-6-26(18-38(22)66(60,61)62)42-40-24-8-12-30(36(50)16-24)44-46-32-20-28(64(54,55)56)10-14-34(32)48;;;;;;/h1-20,39-42H,(H,51,52,53)(H,54,55,56)(H,57,58,59)(H,60,61,62);;;;;;/q;;;4*+1/b2-1+,43-29+,44-30+,45-31-,46-32-;;;;;;. The molecule has 0 heterocycles. The van der Waals surface area contributed by atoms with Gasteiger partial charge in [0.1, 0.15) is 32.6 Å². The van der Waals surface area contributed by atoms with Gasteiger partial charge in [0.25, 0.3) is 40.5 Å². The fraction of sp³-hybridized carbons (Fsp3) is 0. The molecule has 72 heavy (non-hydrogen) atoms. The second-order valence-corrected chi connectivity index (χ2v) is 18.9. The van der Waals surface area contributed by atoms with Gasteiger partial charge in [-0.3, -0.25) is 37.4 Å². The molecule has 0 saturated heterocycles. The van der Waals surface area contributed by atoms with Crippen LogP contribution in [0.4, 0.5) is 11.4 Å². The monoisotopic (exact) mass is 1200 g/mol. The molecule has 0 saturated carbocycles. The fourth-order valence-electron chi connectivity index (χ4n) is 5.45. The second kappa shape index (κ2) is 29.0. The molecule has 4 aliphatic carbocycles. The van der Waals surface area contributed by atoms with Crippen molar-refractivity contribution in [1.29, 1.82) is 0 Å². The zero-order chi connectivity index (χ0) is 48.2. The number of anilines is 2. The molecule has 0 atom stereocenters. The number of hydrogen-bond acceptors (Lipinski definition) is 20. The van der Waals surface area contributed by atoms with E-state index in [0.717, 1.165) is 72.9 Å². The number of hydrogen-bond donors (Lipinski definition) is 8. The summed E-state index contributed by atoms with van der Waals surface area (Å²) in [4.78, 5) is 46.9. The zero-order valence-electron chi connectivity index (χ0n) is 37.3. The molecule has 0 fully saturated rings. The molecule has 0 amide bonds. The van der Waals surface area contributed by atoms with Gasteiger partial charge in [0.15, 0.2) is 0 Å². The summed E-state index contributed by atoms with van der Waals surface area (Å²) in [5, 5.41) is 14.6. The Morgan fingerprint density at radius 1 is 0.389 bits per heavy atom. The quantitative estimate of drug-likeness (QED) is 0.0286. The molecule has 0 aromatic heterocycles. The van der Waals surface area contributed by atoms with Crippen molar-refractivity contribution in [2.75, 3.05) is 10.9 Å². The molecule has 2 aromatic rings. The maximum absolute atomic E-state index is 12.7. The van der Waals surface area contributed by atoms with Crippen molar-refractivity contribution in [1.82, 2.24) is 10.9 Å². The molecule has 2 radical (unpaired) electrons. The van der Waals surface area contributed by atoms with Crippen LogP contribution in [0.15, 0.2) is 161 Å². The van der Waals surface area contributed by atoms with Crippen LogP contribution >= 0.6 is 0 Å². The Morgan fingerprint density at radius 2 is 0.722 bits per heavy atom. The van der Waals surface area contributed by atoms with Gasteiger partial charge in [-0.15, -0.1) is 20.4 Å². The van der Waals surface area contributed by atoms with Crippen molar-refractivity contribution >= 4 is 110 Å². The first kappa shape index (κ1) is 69.3. The van der Waals surface area contributed by atoms with E-state index in [2.05, 4.69) is 42.1 Å². The molecular formula is C38H28Cu2N8Na4O16S4+4. The van der Waals surface area contributed by atoms with Gasteiger partial charge in [0.05, 0.1) is 32.6 Å². The number of hydrazine groups is 2. The van der Waals surface area contributed by atoms with Crippen molar-refractivity contribution in [2.45, 2.75) is 9.79 Å². The van der Waals surface area contributed by atoms with Crippen LogP contribution in [0.3, 0.4) is 0 Å². The minimum atomic E-state index is -4.93. The number of ketones is 4. The Morgan fingerprint density at radius 3 is 1.03 bits per heavy atom. The van der Waals surface area contributed by atoms with Crippen LogP contribution in [0, 0.1) is 0 Å². The summed E-state index contributed by atoms with van der Waals surface area (Å²) in [6.07, 6.45) is 14.4. The summed E-state index contributed by atoms with van der Waals surface area (Å²) in [7, 11) is -19.2. The number of benzene rings is 2. The minimum absolute atomic E-state index is 0. The zero-order valence-corrected chi connectivity index (χ0v) is 50.4. The smallest absolute Gasteiger partial charge is 0.301 e. The summed E-state index contributed by atoms with van der Waals surface area (Å²) in [5.41, 5.74) is 9.17. The van der Waals surface area contributed by atoms with Crippen LogP contribution in [0.1, 0.15) is 11.1 Å². The summed E-state index contributed by atoms with van der Waals surface area (Å²) in [6, 6.07) is 7.18. The SMILES string of the molecule is O=C1C=CC(S(=O)(=O)O)=C/C1=N/N=C1\C=CC(NNc2ccc(/C=C/c3ccc(NNC4=CC(=O)/C(=N/N=C5/C=C(S(=O)(=O)O)C=CC5=O)C=C4)cc3S(=O)(=O)O)c(S(=O)(=O)O)c2)=CC1=O.[Cu].[Cu].[Na+].[Na+].[Na+].[Na+]. The van der Waals surface area contributed by atoms with E-state index in [1.165, 1.54) is 48.6 Å². The van der Waals surface area contributed by atoms with Crippen molar-refractivity contribution < 1.29 is 223 Å². The van der Waals surface area contributed by atoms with E-state index >= 15 is 0 Å². The predicted molar refractivity (Wildman–Crippen MR) is 237 cm³/mol. The van der Waals surface area contributed by atoms with E-state index in [1.807, 2.05) is 0 Å². The van der Waals surface area contributed by atoms with Gasteiger partial charge in [0, 0.05) is 46.3 Å². The number of rotatable bonds is 14. The van der Waals surface area contributed by atoms with Gasteiger partial charge in [-0.1, -0.05) is 24.3 Å². The van der Waals surface area contributed by atoms with E-state index in [0.29, 0.717) is 0 Å². The molecule has 0 aliphatic heterocycles. The van der Waals surface area contributed by atoms with Crippen LogP contribution in [-0.4, -0.2) is 97.9 Å². The first-order chi connectivity index (χ1) is 30.8. The van der Waals surface area contributed by atoms with Crippen LogP contribution < -0.4 is 140 Å². The Hall–Kier alpha value is -2.66. The molecular weight excluding hydrogens is 1170 g/mol. The maximum Gasteiger partial charge on any atom is 1.00 e. The normalized spacial score (nSPS) is 17.8. The van der Waals surface area contributed by atoms with Crippen LogP contribution in [0.5, 0.6) is 0 Å². The number of nitrogens with one attached hydrogen (secondary N) is 4. The summed E-state index contributed by atoms with van der Waals surface area (Å²) >= 11 is 0. The number of carbonyl (C=O) groups is 4. The van der Waals surface area contributed by atoms with E-state index in [1.54, 1.807) is 0 Å². The van der Waals surface area contributed by atoms with Gasteiger partial charge >= 0.3 is 118 Å². The fourth-order valence-corrected chi connectivity index (χ4v) is 7.87. The molecule has 362 valence electrons. The van der Waals surface area contributed by atoms with Gasteiger partial charge < -0.3 is 21.7 Å². The molecule has 6 rings (SSSR count). The summed E-state index contributed by atoms with van der Waals surface area (Å²) in [5.74, 6) is -2.91. The van der Waals surface area contributed by atoms with Gasteiger partial charge in [0.2, 0.25) is 23.1 Å². The molecule has 4 aliphatic rings. The Kier molecular flexibility index (Phi) is 27.9. The minimum Gasteiger partial charge on any atom is -0.301 e. The first-order valence-corrected chi connectivity index (χ1v) is 23.6. The van der Waals surface area contributed by atoms with Crippen molar-refractivity contribution in [3.63, 3.8) is 0 Å². The molecule has 2 aromatic carbocycles. The number of carbonyl (C=O) groups excluding carboxylic acids is 4. The molecule has 0 spiro atoms. The predicted octanol–water partition coefficient (Wildman–Crippen LogP) is -10.3. The topological polar surface area (TPSA) is 383 Å². The third-order valence-electron chi connectivity index (χ3n) is 8.63. The largest absolute Gasteiger partial charge is 1.00 e. The Labute approximate surface area is 519 Å².